The van der Waals surface area contributed by atoms with Crippen LogP contribution in [0, 0.1) is 0 Å². The second-order valence-corrected chi connectivity index (χ2v) is 8.88. The number of amides is 1. The number of halogens is 6. The number of aromatic nitrogens is 4. The zero-order valence-electron chi connectivity index (χ0n) is 19.9. The van der Waals surface area contributed by atoms with Gasteiger partial charge in [-0.1, -0.05) is 6.08 Å². The summed E-state index contributed by atoms with van der Waals surface area (Å²) in [6, 6.07) is -1.08. The minimum Gasteiger partial charge on any atom is -0.445 e. The number of anilines is 2. The fraction of sp³-hybridized carbons (Fsp3) is 0.500. The number of rotatable bonds is 6. The van der Waals surface area contributed by atoms with Gasteiger partial charge in [-0.2, -0.15) is 31.4 Å². The zero-order chi connectivity index (χ0) is 27.7. The molecule has 10 nitrogen and oxygen atoms in total. The zero-order valence-corrected chi connectivity index (χ0v) is 19.9. The molecule has 0 saturated carbocycles. The molecule has 2 unspecified atom stereocenters. The fourth-order valence-electron chi connectivity index (χ4n) is 4.46. The molecule has 1 amide bonds. The number of carbonyl (C=O) groups excluding carboxylic acids is 1. The Morgan fingerprint density at radius 2 is 1.82 bits per heavy atom. The highest BCUT2D eigenvalue weighted by Gasteiger charge is 2.43. The molecule has 5 heterocycles. The SMILES string of the molecule is C[C@H](/C=C/COC(=O)N1CC2CCC1CN2c1ncc(C(F)(F)F)cn1)Nc1cn[nH]c(=O)c1C(F)(F)F. The average molecular weight is 547 g/mol. The van der Waals surface area contributed by atoms with Crippen molar-refractivity contribution in [3.63, 3.8) is 0 Å². The van der Waals surface area contributed by atoms with E-state index in [1.165, 1.54) is 12.2 Å². The van der Waals surface area contributed by atoms with Crippen LogP contribution in [0.2, 0.25) is 0 Å². The van der Waals surface area contributed by atoms with Crippen molar-refractivity contribution in [3.8, 4) is 0 Å². The number of alkyl halides is 6. The second-order valence-electron chi connectivity index (χ2n) is 8.88. The Hall–Kier alpha value is -3.85. The lowest BCUT2D eigenvalue weighted by Crippen LogP contribution is -2.64. The van der Waals surface area contributed by atoms with Crippen LogP contribution in [0.15, 0.2) is 35.5 Å². The molecule has 38 heavy (non-hydrogen) atoms. The maximum absolute atomic E-state index is 13.2. The molecule has 3 fully saturated rings. The highest BCUT2D eigenvalue weighted by molar-refractivity contribution is 5.69. The first-order valence-electron chi connectivity index (χ1n) is 11.5. The first-order valence-corrected chi connectivity index (χ1v) is 11.5. The van der Waals surface area contributed by atoms with Crippen molar-refractivity contribution in [2.24, 2.45) is 0 Å². The van der Waals surface area contributed by atoms with E-state index in [1.807, 2.05) is 0 Å². The largest absolute Gasteiger partial charge is 0.445 e. The Kier molecular flexibility index (Phi) is 7.51. The van der Waals surface area contributed by atoms with E-state index in [0.717, 1.165) is 18.6 Å². The third-order valence-corrected chi connectivity index (χ3v) is 6.24. The fourth-order valence-corrected chi connectivity index (χ4v) is 4.46. The van der Waals surface area contributed by atoms with E-state index in [0.29, 0.717) is 19.4 Å². The summed E-state index contributed by atoms with van der Waals surface area (Å²) in [5, 5.41) is 7.68. The summed E-state index contributed by atoms with van der Waals surface area (Å²) in [5.41, 5.74) is -4.19. The molecular formula is C22H23F6N7O3. The lowest BCUT2D eigenvalue weighted by atomic mass is 9.91. The molecule has 3 saturated heterocycles. The molecule has 2 aromatic rings. The topological polar surface area (TPSA) is 116 Å². The van der Waals surface area contributed by atoms with Crippen LogP contribution in [0.3, 0.4) is 0 Å². The van der Waals surface area contributed by atoms with Crippen molar-refractivity contribution >= 4 is 17.7 Å². The summed E-state index contributed by atoms with van der Waals surface area (Å²) in [7, 11) is 0. The van der Waals surface area contributed by atoms with Crippen molar-refractivity contribution < 1.29 is 35.9 Å². The van der Waals surface area contributed by atoms with Gasteiger partial charge >= 0.3 is 18.4 Å². The predicted molar refractivity (Wildman–Crippen MR) is 121 cm³/mol. The maximum Gasteiger partial charge on any atom is 0.423 e. The minimum absolute atomic E-state index is 0.149. The molecule has 3 atom stereocenters. The Balaban J connectivity index is 1.29. The van der Waals surface area contributed by atoms with E-state index in [-0.39, 0.29) is 31.2 Å². The minimum atomic E-state index is -4.88. The van der Waals surface area contributed by atoms with E-state index < -0.39 is 46.9 Å². The van der Waals surface area contributed by atoms with E-state index in [9.17, 15) is 35.9 Å². The van der Waals surface area contributed by atoms with E-state index in [4.69, 9.17) is 4.74 Å². The number of carbonyl (C=O) groups is 1. The van der Waals surface area contributed by atoms with Crippen LogP contribution in [-0.4, -0.2) is 69.0 Å². The summed E-state index contributed by atoms with van der Waals surface area (Å²) in [6.45, 7) is 2.02. The number of aromatic amines is 1. The van der Waals surface area contributed by atoms with Crippen LogP contribution < -0.4 is 15.8 Å². The molecule has 0 spiro atoms. The molecule has 2 N–H and O–H groups in total. The van der Waals surface area contributed by atoms with Crippen molar-refractivity contribution in [3.05, 3.63) is 52.2 Å². The van der Waals surface area contributed by atoms with Crippen LogP contribution in [0.1, 0.15) is 30.9 Å². The van der Waals surface area contributed by atoms with Crippen molar-refractivity contribution in [2.45, 2.75) is 50.2 Å². The molecule has 2 bridgehead atoms. The van der Waals surface area contributed by atoms with Crippen LogP contribution in [-0.2, 0) is 17.1 Å². The van der Waals surface area contributed by atoms with E-state index >= 15 is 0 Å². The molecule has 3 aliphatic heterocycles. The first kappa shape index (κ1) is 27.2. The Bertz CT molecular complexity index is 1230. The number of piperazine rings is 1. The molecule has 2 aromatic heterocycles. The molecule has 3 aliphatic rings. The van der Waals surface area contributed by atoms with Gasteiger partial charge in [0.05, 0.1) is 23.5 Å². The molecule has 16 heteroatoms. The highest BCUT2D eigenvalue weighted by Crippen LogP contribution is 2.34. The summed E-state index contributed by atoms with van der Waals surface area (Å²) < 4.78 is 83.1. The normalized spacial score (nSPS) is 20.6. The smallest absolute Gasteiger partial charge is 0.423 e. The number of piperidine rings is 2. The van der Waals surface area contributed by atoms with E-state index in [1.54, 1.807) is 21.8 Å². The molecule has 0 aromatic carbocycles. The van der Waals surface area contributed by atoms with Gasteiger partial charge in [0.1, 0.15) is 12.2 Å². The first-order chi connectivity index (χ1) is 17.8. The van der Waals surface area contributed by atoms with Gasteiger partial charge < -0.3 is 19.9 Å². The number of hydrogen-bond acceptors (Lipinski definition) is 8. The summed E-state index contributed by atoms with van der Waals surface area (Å²) in [4.78, 5) is 35.2. The lowest BCUT2D eigenvalue weighted by molar-refractivity contribution is -0.139. The van der Waals surface area contributed by atoms with Gasteiger partial charge in [0.25, 0.3) is 5.56 Å². The number of ether oxygens (including phenoxy) is 1. The Morgan fingerprint density at radius 3 is 2.42 bits per heavy atom. The number of nitrogens with one attached hydrogen (secondary N) is 2. The second kappa shape index (κ2) is 10.5. The predicted octanol–water partition coefficient (Wildman–Crippen LogP) is 3.44. The number of hydrogen-bond donors (Lipinski definition) is 2. The van der Waals surface area contributed by atoms with Crippen molar-refractivity contribution in [1.29, 1.82) is 0 Å². The highest BCUT2D eigenvalue weighted by atomic mass is 19.4. The Labute approximate surface area is 211 Å². The number of H-pyrrole nitrogens is 1. The van der Waals surface area contributed by atoms with Gasteiger partial charge in [-0.25, -0.2) is 19.9 Å². The monoisotopic (exact) mass is 547 g/mol. The summed E-state index contributed by atoms with van der Waals surface area (Å²) >= 11 is 0. The van der Waals surface area contributed by atoms with Crippen molar-refractivity contribution in [2.75, 3.05) is 29.9 Å². The van der Waals surface area contributed by atoms with E-state index in [2.05, 4.69) is 20.4 Å². The lowest BCUT2D eigenvalue weighted by Gasteiger charge is -2.50. The molecule has 0 radical (unpaired) electrons. The molecule has 0 aliphatic carbocycles. The van der Waals surface area contributed by atoms with Gasteiger partial charge in [-0.15, -0.1) is 0 Å². The molecular weight excluding hydrogens is 524 g/mol. The van der Waals surface area contributed by atoms with Gasteiger partial charge in [-0.05, 0) is 25.8 Å². The molecule has 206 valence electrons. The van der Waals surface area contributed by atoms with Gasteiger partial charge in [0.15, 0.2) is 0 Å². The third-order valence-electron chi connectivity index (χ3n) is 6.24. The summed E-state index contributed by atoms with van der Waals surface area (Å²) in [5.74, 6) is 0.162. The standard InChI is InChI=1S/C22H23F6N7O3/c1-12(32-16-9-31-33-18(36)17(16)22(26,27)28)3-2-6-38-20(37)35-11-14-4-5-15(35)10-34(14)19-29-7-13(8-30-19)21(23,24)25/h2-3,7-9,12,14-15H,4-6,10-11H2,1H3,(H2,32,33,36)/b3-2+/t12-,14?,15?/m1/s1. The maximum atomic E-state index is 13.2. The quantitative estimate of drug-likeness (QED) is 0.418. The Morgan fingerprint density at radius 1 is 1.13 bits per heavy atom. The van der Waals surface area contributed by atoms with Crippen LogP contribution >= 0.6 is 0 Å². The number of nitrogens with zero attached hydrogens (tertiary/aromatic N) is 5. The number of fused-ring (bicyclic) bond motifs is 3. The van der Waals surface area contributed by atoms with Gasteiger partial charge in [0, 0.05) is 37.6 Å². The van der Waals surface area contributed by atoms with Crippen LogP contribution in [0.4, 0.5) is 42.8 Å². The average Bonchev–Trinajstić information content (AvgIpc) is 2.85. The summed E-state index contributed by atoms with van der Waals surface area (Å²) in [6.07, 6.45) is -3.36. The third kappa shape index (κ3) is 5.99. The van der Waals surface area contributed by atoms with Crippen molar-refractivity contribution in [1.82, 2.24) is 25.1 Å². The van der Waals surface area contributed by atoms with Gasteiger partial charge in [-0.3, -0.25) is 4.79 Å². The van der Waals surface area contributed by atoms with Gasteiger partial charge in [0.2, 0.25) is 5.95 Å². The molecule has 5 rings (SSSR count). The van der Waals surface area contributed by atoms with Crippen LogP contribution in [0.5, 0.6) is 0 Å². The van der Waals surface area contributed by atoms with Crippen LogP contribution in [0.25, 0.3) is 0 Å².